The van der Waals surface area contributed by atoms with E-state index in [4.69, 9.17) is 0 Å². The standard InChI is InChI=1S/C20H21FN2O2/c1-13-7-9-14(10-8-13)22-20(25)16-11-12-18(24)23(2)19(16)15-5-3-4-6-17(15)21/h3-10,16,19H,11-12H2,1-2H3,(H,22,25)/t16-,19-/m0/s1. The molecule has 130 valence electrons. The van der Waals surface area contributed by atoms with Crippen molar-refractivity contribution in [1.82, 2.24) is 4.90 Å². The number of piperidine rings is 1. The van der Waals surface area contributed by atoms with Crippen LogP contribution in [0.3, 0.4) is 0 Å². The van der Waals surface area contributed by atoms with Gasteiger partial charge >= 0.3 is 0 Å². The van der Waals surface area contributed by atoms with Gasteiger partial charge in [-0.3, -0.25) is 9.59 Å². The molecule has 1 aliphatic heterocycles. The highest BCUT2D eigenvalue weighted by atomic mass is 19.1. The topological polar surface area (TPSA) is 49.4 Å². The summed E-state index contributed by atoms with van der Waals surface area (Å²) < 4.78 is 14.3. The fourth-order valence-electron chi connectivity index (χ4n) is 3.32. The van der Waals surface area contributed by atoms with Crippen LogP contribution in [0.25, 0.3) is 0 Å². The highest BCUT2D eigenvalue weighted by Gasteiger charge is 2.40. The summed E-state index contributed by atoms with van der Waals surface area (Å²) in [6.07, 6.45) is 0.688. The van der Waals surface area contributed by atoms with Crippen LogP contribution in [0.5, 0.6) is 0 Å². The number of hydrogen-bond donors (Lipinski definition) is 1. The van der Waals surface area contributed by atoms with Crippen LogP contribution in [0, 0.1) is 18.7 Å². The van der Waals surface area contributed by atoms with E-state index < -0.39 is 17.8 Å². The number of benzene rings is 2. The van der Waals surface area contributed by atoms with Gasteiger partial charge in [0.05, 0.1) is 12.0 Å². The number of halogens is 1. The lowest BCUT2D eigenvalue weighted by atomic mass is 9.83. The van der Waals surface area contributed by atoms with Crippen molar-refractivity contribution >= 4 is 17.5 Å². The normalized spacial score (nSPS) is 20.4. The van der Waals surface area contributed by atoms with Gasteiger partial charge in [0.2, 0.25) is 11.8 Å². The Morgan fingerprint density at radius 2 is 1.84 bits per heavy atom. The maximum Gasteiger partial charge on any atom is 0.229 e. The molecule has 0 aromatic heterocycles. The van der Waals surface area contributed by atoms with Gasteiger partial charge in [-0.1, -0.05) is 35.9 Å². The van der Waals surface area contributed by atoms with Gasteiger partial charge in [0.25, 0.3) is 0 Å². The monoisotopic (exact) mass is 340 g/mol. The summed E-state index contributed by atoms with van der Waals surface area (Å²) in [5.41, 5.74) is 2.18. The van der Waals surface area contributed by atoms with Crippen LogP contribution >= 0.6 is 0 Å². The Morgan fingerprint density at radius 1 is 1.16 bits per heavy atom. The summed E-state index contributed by atoms with van der Waals surface area (Å²) in [5, 5.41) is 2.89. The molecule has 0 saturated carbocycles. The Morgan fingerprint density at radius 3 is 2.52 bits per heavy atom. The van der Waals surface area contributed by atoms with Crippen LogP contribution in [-0.2, 0) is 9.59 Å². The minimum Gasteiger partial charge on any atom is -0.338 e. The molecule has 1 fully saturated rings. The van der Waals surface area contributed by atoms with Gasteiger partial charge in [0, 0.05) is 24.7 Å². The van der Waals surface area contributed by atoms with Gasteiger partial charge < -0.3 is 10.2 Å². The van der Waals surface area contributed by atoms with Crippen LogP contribution in [-0.4, -0.2) is 23.8 Å². The molecule has 1 heterocycles. The SMILES string of the molecule is Cc1ccc(NC(=O)[C@H]2CCC(=O)N(C)[C@H]2c2ccccc2F)cc1. The molecule has 0 radical (unpaired) electrons. The van der Waals surface area contributed by atoms with Crippen molar-refractivity contribution in [2.45, 2.75) is 25.8 Å². The number of anilines is 1. The molecule has 0 bridgehead atoms. The molecule has 2 aromatic carbocycles. The summed E-state index contributed by atoms with van der Waals surface area (Å²) in [5.74, 6) is -1.17. The summed E-state index contributed by atoms with van der Waals surface area (Å²) in [6, 6.07) is 13.2. The number of nitrogens with one attached hydrogen (secondary N) is 1. The molecule has 0 aliphatic carbocycles. The molecule has 1 N–H and O–H groups in total. The quantitative estimate of drug-likeness (QED) is 0.926. The van der Waals surface area contributed by atoms with Crippen molar-refractivity contribution < 1.29 is 14.0 Å². The fourth-order valence-corrected chi connectivity index (χ4v) is 3.32. The minimum absolute atomic E-state index is 0.0763. The van der Waals surface area contributed by atoms with Gasteiger partial charge in [-0.15, -0.1) is 0 Å². The molecule has 2 atom stereocenters. The molecule has 1 saturated heterocycles. The number of amides is 2. The third-order valence-electron chi connectivity index (χ3n) is 4.74. The molecule has 2 aromatic rings. The zero-order valence-electron chi connectivity index (χ0n) is 14.3. The zero-order valence-corrected chi connectivity index (χ0v) is 14.3. The van der Waals surface area contributed by atoms with E-state index in [0.717, 1.165) is 5.56 Å². The Labute approximate surface area is 146 Å². The van der Waals surface area contributed by atoms with Crippen LogP contribution in [0.15, 0.2) is 48.5 Å². The molecular formula is C20H21FN2O2. The number of hydrogen-bond acceptors (Lipinski definition) is 2. The van der Waals surface area contributed by atoms with Gasteiger partial charge in [-0.05, 0) is 31.5 Å². The second-order valence-corrected chi connectivity index (χ2v) is 6.47. The molecule has 0 spiro atoms. The van der Waals surface area contributed by atoms with E-state index in [9.17, 15) is 14.0 Å². The van der Waals surface area contributed by atoms with Crippen molar-refractivity contribution in [3.8, 4) is 0 Å². The molecule has 3 rings (SSSR count). The van der Waals surface area contributed by atoms with Crippen molar-refractivity contribution in [1.29, 1.82) is 0 Å². The van der Waals surface area contributed by atoms with Crippen LogP contribution < -0.4 is 5.32 Å². The highest BCUT2D eigenvalue weighted by Crippen LogP contribution is 2.37. The Bertz CT molecular complexity index is 789. The maximum atomic E-state index is 14.3. The van der Waals surface area contributed by atoms with Crippen LogP contribution in [0.1, 0.15) is 30.0 Å². The van der Waals surface area contributed by atoms with E-state index >= 15 is 0 Å². The van der Waals surface area contributed by atoms with Gasteiger partial charge in [-0.2, -0.15) is 0 Å². The first-order valence-electron chi connectivity index (χ1n) is 8.35. The average Bonchev–Trinajstić information content (AvgIpc) is 2.60. The Kier molecular flexibility index (Phi) is 4.83. The lowest BCUT2D eigenvalue weighted by molar-refractivity contribution is -0.140. The van der Waals surface area contributed by atoms with Gasteiger partial charge in [-0.25, -0.2) is 4.39 Å². The van der Waals surface area contributed by atoms with Crippen molar-refractivity contribution in [3.05, 3.63) is 65.5 Å². The smallest absolute Gasteiger partial charge is 0.229 e. The molecule has 2 amide bonds. The first-order valence-corrected chi connectivity index (χ1v) is 8.35. The number of nitrogens with zero attached hydrogens (tertiary/aromatic N) is 1. The molecule has 1 aliphatic rings. The van der Waals surface area contributed by atoms with E-state index in [-0.39, 0.29) is 18.2 Å². The second kappa shape index (κ2) is 7.05. The largest absolute Gasteiger partial charge is 0.338 e. The highest BCUT2D eigenvalue weighted by molar-refractivity contribution is 5.94. The summed E-state index contributed by atoms with van der Waals surface area (Å²) >= 11 is 0. The Balaban J connectivity index is 1.89. The van der Waals surface area contributed by atoms with E-state index in [0.29, 0.717) is 17.7 Å². The first kappa shape index (κ1) is 17.1. The first-order chi connectivity index (χ1) is 12.0. The second-order valence-electron chi connectivity index (χ2n) is 6.47. The zero-order chi connectivity index (χ0) is 18.0. The van der Waals surface area contributed by atoms with E-state index in [2.05, 4.69) is 5.32 Å². The van der Waals surface area contributed by atoms with Crippen LogP contribution in [0.4, 0.5) is 10.1 Å². The molecular weight excluding hydrogens is 319 g/mol. The number of rotatable bonds is 3. The van der Waals surface area contributed by atoms with Crippen molar-refractivity contribution in [2.75, 3.05) is 12.4 Å². The molecule has 25 heavy (non-hydrogen) atoms. The lowest BCUT2D eigenvalue weighted by Gasteiger charge is -2.38. The van der Waals surface area contributed by atoms with Crippen molar-refractivity contribution in [2.24, 2.45) is 5.92 Å². The average molecular weight is 340 g/mol. The van der Waals surface area contributed by atoms with Gasteiger partial charge in [0.15, 0.2) is 0 Å². The van der Waals surface area contributed by atoms with Gasteiger partial charge in [0.1, 0.15) is 5.82 Å². The number of carbonyl (C=O) groups is 2. The van der Waals surface area contributed by atoms with Crippen LogP contribution in [0.2, 0.25) is 0 Å². The Hall–Kier alpha value is -2.69. The van der Waals surface area contributed by atoms with E-state index in [1.807, 2.05) is 31.2 Å². The lowest BCUT2D eigenvalue weighted by Crippen LogP contribution is -2.44. The predicted molar refractivity (Wildman–Crippen MR) is 94.4 cm³/mol. The maximum absolute atomic E-state index is 14.3. The third-order valence-corrected chi connectivity index (χ3v) is 4.74. The summed E-state index contributed by atoms with van der Waals surface area (Å²) in [4.78, 5) is 26.4. The van der Waals surface area contributed by atoms with Crippen molar-refractivity contribution in [3.63, 3.8) is 0 Å². The molecule has 5 heteroatoms. The third kappa shape index (κ3) is 3.55. The van der Waals surface area contributed by atoms with E-state index in [1.165, 1.54) is 11.0 Å². The number of carbonyl (C=O) groups excluding carboxylic acids is 2. The minimum atomic E-state index is -0.604. The number of aryl methyl sites for hydroxylation is 1. The summed E-state index contributed by atoms with van der Waals surface area (Å²) in [7, 11) is 1.63. The van der Waals surface area contributed by atoms with E-state index in [1.54, 1.807) is 25.2 Å². The predicted octanol–water partition coefficient (Wildman–Crippen LogP) is 3.68. The fraction of sp³-hybridized carbons (Fsp3) is 0.300. The molecule has 4 nitrogen and oxygen atoms in total. The summed E-state index contributed by atoms with van der Waals surface area (Å²) in [6.45, 7) is 1.97. The number of likely N-dealkylation sites (tertiary alicyclic amines) is 1. The molecule has 0 unspecified atom stereocenters.